The molecular formula is C60H43N. The van der Waals surface area contributed by atoms with Crippen LogP contribution in [-0.2, 0) is 0 Å². The van der Waals surface area contributed by atoms with Gasteiger partial charge in [0.25, 0.3) is 0 Å². The molecule has 0 fully saturated rings. The molecule has 0 radical (unpaired) electrons. The van der Waals surface area contributed by atoms with Crippen molar-refractivity contribution >= 4 is 76.0 Å². The summed E-state index contributed by atoms with van der Waals surface area (Å²) >= 11 is 0. The van der Waals surface area contributed by atoms with Gasteiger partial charge in [0.05, 0.1) is 11.0 Å². The number of rotatable bonds is 6. The van der Waals surface area contributed by atoms with Crippen molar-refractivity contribution in [2.24, 2.45) is 5.92 Å². The Kier molecular flexibility index (Phi) is 8.35. The monoisotopic (exact) mass is 777 g/mol. The fourth-order valence-electron chi connectivity index (χ4n) is 10.6. The van der Waals surface area contributed by atoms with E-state index in [-0.39, 0.29) is 5.92 Å². The van der Waals surface area contributed by atoms with Crippen LogP contribution in [0.2, 0.25) is 0 Å². The lowest BCUT2D eigenvalue weighted by Gasteiger charge is -2.33. The second kappa shape index (κ2) is 14.4. The summed E-state index contributed by atoms with van der Waals surface area (Å²) < 4.78 is 2.45. The standard InChI is InChI=1S/C60H43N/c1-2-47-55(41-19-7-4-8-20-41)36-45(39-16-5-3-6-17-39)37-56(47)54-26-15-25-53-49-23-12-11-22-48(49)50-32-29-43(35-57(50)60(53)54)44-30-33-52-51-24-13-14-27-58(51)61(59(52)38-44)46-31-28-40-18-9-10-21-42(40)34-46/h3-38,47,55H,2H2,1H3. The highest BCUT2D eigenvalue weighted by Gasteiger charge is 2.30. The predicted molar refractivity (Wildman–Crippen MR) is 262 cm³/mol. The Labute approximate surface area is 356 Å². The fraction of sp³-hybridized carbons (Fsp3) is 0.0667. The van der Waals surface area contributed by atoms with Crippen LogP contribution in [-0.4, -0.2) is 4.57 Å². The lowest BCUT2D eigenvalue weighted by molar-refractivity contribution is 0.578. The summed E-state index contributed by atoms with van der Waals surface area (Å²) in [6.45, 7) is 2.36. The molecule has 10 aromatic carbocycles. The zero-order valence-electron chi connectivity index (χ0n) is 34.1. The molecular weight excluding hydrogens is 735 g/mol. The Morgan fingerprint density at radius 3 is 1.85 bits per heavy atom. The molecule has 12 rings (SSSR count). The van der Waals surface area contributed by atoms with Crippen LogP contribution < -0.4 is 0 Å². The van der Waals surface area contributed by atoms with Gasteiger partial charge in [0, 0.05) is 22.4 Å². The molecule has 1 heterocycles. The number of hydrogen-bond acceptors (Lipinski definition) is 0. The lowest BCUT2D eigenvalue weighted by Crippen LogP contribution is -2.17. The molecule has 2 unspecified atom stereocenters. The Bertz CT molecular complexity index is 3570. The summed E-state index contributed by atoms with van der Waals surface area (Å²) in [5.74, 6) is 0.560. The zero-order valence-corrected chi connectivity index (χ0v) is 34.1. The molecule has 0 amide bonds. The van der Waals surface area contributed by atoms with E-state index in [1.54, 1.807) is 0 Å². The topological polar surface area (TPSA) is 4.93 Å². The van der Waals surface area contributed by atoms with Crippen LogP contribution in [0.5, 0.6) is 0 Å². The molecule has 1 aromatic heterocycles. The molecule has 1 aliphatic rings. The van der Waals surface area contributed by atoms with Gasteiger partial charge in [0.1, 0.15) is 0 Å². The highest BCUT2D eigenvalue weighted by Crippen LogP contribution is 2.49. The van der Waals surface area contributed by atoms with E-state index in [4.69, 9.17) is 0 Å². The van der Waals surface area contributed by atoms with Gasteiger partial charge in [-0.2, -0.15) is 0 Å². The van der Waals surface area contributed by atoms with Crippen LogP contribution in [0.25, 0.3) is 92.9 Å². The number of fused-ring (bicyclic) bond motifs is 10. The molecule has 1 nitrogen and oxygen atoms in total. The number of aromatic nitrogens is 1. The maximum Gasteiger partial charge on any atom is 0.0547 e. The van der Waals surface area contributed by atoms with Crippen molar-refractivity contribution in [1.82, 2.24) is 4.57 Å². The minimum absolute atomic E-state index is 0.250. The number of nitrogens with zero attached hydrogens (tertiary/aromatic N) is 1. The van der Waals surface area contributed by atoms with E-state index in [1.165, 1.54) is 110 Å². The highest BCUT2D eigenvalue weighted by molar-refractivity contribution is 6.28. The van der Waals surface area contributed by atoms with Gasteiger partial charge in [-0.15, -0.1) is 0 Å². The van der Waals surface area contributed by atoms with Crippen LogP contribution in [0.15, 0.2) is 218 Å². The van der Waals surface area contributed by atoms with Crippen molar-refractivity contribution in [3.05, 3.63) is 235 Å². The minimum Gasteiger partial charge on any atom is -0.309 e. The second-order valence-corrected chi connectivity index (χ2v) is 16.7. The summed E-state index contributed by atoms with van der Waals surface area (Å²) in [5, 5.41) is 12.8. The molecule has 0 saturated heterocycles. The van der Waals surface area contributed by atoms with Crippen LogP contribution >= 0.6 is 0 Å². The molecule has 0 saturated carbocycles. The largest absolute Gasteiger partial charge is 0.309 e. The molecule has 0 aliphatic heterocycles. The SMILES string of the molecule is CCC1C(c2cccc3c4ccccc4c4ccc(-c5ccc6c7ccccc7n(-c7ccc8ccccc8c7)c6c5)cc4c23)=CC(c2ccccc2)=CC1c1ccccc1. The maximum absolute atomic E-state index is 2.52. The summed E-state index contributed by atoms with van der Waals surface area (Å²) in [5.41, 5.74) is 12.7. The van der Waals surface area contributed by atoms with E-state index in [1.807, 2.05) is 0 Å². The molecule has 1 heteroatoms. The summed E-state index contributed by atoms with van der Waals surface area (Å²) in [6, 6.07) is 76.6. The molecule has 288 valence electrons. The third kappa shape index (κ3) is 5.76. The third-order valence-corrected chi connectivity index (χ3v) is 13.4. The van der Waals surface area contributed by atoms with Crippen molar-refractivity contribution in [3.8, 4) is 16.8 Å². The Balaban J connectivity index is 1.10. The van der Waals surface area contributed by atoms with Crippen molar-refractivity contribution in [2.45, 2.75) is 19.3 Å². The Morgan fingerprint density at radius 2 is 1.05 bits per heavy atom. The minimum atomic E-state index is 0.250. The average molecular weight is 778 g/mol. The van der Waals surface area contributed by atoms with Crippen molar-refractivity contribution in [2.75, 3.05) is 0 Å². The van der Waals surface area contributed by atoms with Crippen LogP contribution in [0.3, 0.4) is 0 Å². The third-order valence-electron chi connectivity index (χ3n) is 13.4. The number of hydrogen-bond donors (Lipinski definition) is 0. The number of para-hydroxylation sites is 1. The fourth-order valence-corrected chi connectivity index (χ4v) is 10.6. The van der Waals surface area contributed by atoms with Gasteiger partial charge in [-0.1, -0.05) is 195 Å². The van der Waals surface area contributed by atoms with Gasteiger partial charge < -0.3 is 4.57 Å². The van der Waals surface area contributed by atoms with Crippen molar-refractivity contribution in [3.63, 3.8) is 0 Å². The van der Waals surface area contributed by atoms with Crippen molar-refractivity contribution in [1.29, 1.82) is 0 Å². The zero-order chi connectivity index (χ0) is 40.4. The number of benzene rings is 10. The Morgan fingerprint density at radius 1 is 0.426 bits per heavy atom. The smallest absolute Gasteiger partial charge is 0.0547 e. The molecule has 0 N–H and O–H groups in total. The molecule has 2 atom stereocenters. The summed E-state index contributed by atoms with van der Waals surface area (Å²) in [7, 11) is 0. The number of allylic oxidation sites excluding steroid dienone is 4. The van der Waals surface area contributed by atoms with E-state index in [0.717, 1.165) is 6.42 Å². The van der Waals surface area contributed by atoms with Gasteiger partial charge in [-0.05, 0) is 125 Å². The summed E-state index contributed by atoms with van der Waals surface area (Å²) in [4.78, 5) is 0. The second-order valence-electron chi connectivity index (χ2n) is 16.7. The first-order valence-corrected chi connectivity index (χ1v) is 21.7. The van der Waals surface area contributed by atoms with Gasteiger partial charge in [0.15, 0.2) is 0 Å². The first-order valence-electron chi connectivity index (χ1n) is 21.7. The first kappa shape index (κ1) is 35.5. The van der Waals surface area contributed by atoms with E-state index in [2.05, 4.69) is 230 Å². The molecule has 1 aliphatic carbocycles. The van der Waals surface area contributed by atoms with Gasteiger partial charge >= 0.3 is 0 Å². The normalized spacial score (nSPS) is 15.6. The average Bonchev–Trinajstić information content (AvgIpc) is 3.67. The highest BCUT2D eigenvalue weighted by atomic mass is 15.0. The maximum atomic E-state index is 2.52. The van der Waals surface area contributed by atoms with Gasteiger partial charge in [-0.25, -0.2) is 0 Å². The molecule has 0 bridgehead atoms. The van der Waals surface area contributed by atoms with E-state index in [0.29, 0.717) is 5.92 Å². The van der Waals surface area contributed by atoms with Crippen LogP contribution in [0.4, 0.5) is 0 Å². The Hall–Kier alpha value is -7.48. The van der Waals surface area contributed by atoms with Gasteiger partial charge in [-0.3, -0.25) is 0 Å². The van der Waals surface area contributed by atoms with E-state index in [9.17, 15) is 0 Å². The summed E-state index contributed by atoms with van der Waals surface area (Å²) in [6.07, 6.45) is 6.05. The first-order chi connectivity index (χ1) is 30.2. The van der Waals surface area contributed by atoms with E-state index < -0.39 is 0 Å². The molecule has 61 heavy (non-hydrogen) atoms. The van der Waals surface area contributed by atoms with Crippen LogP contribution in [0, 0.1) is 5.92 Å². The van der Waals surface area contributed by atoms with Gasteiger partial charge in [0.2, 0.25) is 0 Å². The van der Waals surface area contributed by atoms with Crippen LogP contribution in [0.1, 0.15) is 36.0 Å². The molecule has 11 aromatic rings. The van der Waals surface area contributed by atoms with E-state index >= 15 is 0 Å². The van der Waals surface area contributed by atoms with Crippen molar-refractivity contribution < 1.29 is 0 Å². The lowest BCUT2D eigenvalue weighted by atomic mass is 9.71. The molecule has 0 spiro atoms. The predicted octanol–water partition coefficient (Wildman–Crippen LogP) is 16.4. The quantitative estimate of drug-likeness (QED) is 0.148.